The maximum Gasteiger partial charge on any atom is 0.165 e. The zero-order valence-corrected chi connectivity index (χ0v) is 45.8. The van der Waals surface area contributed by atoms with E-state index in [1.807, 2.05) is 71.8 Å². The Morgan fingerprint density at radius 3 is 1.53 bits per heavy atom. The molecule has 0 spiro atoms. The summed E-state index contributed by atoms with van der Waals surface area (Å²) in [7, 11) is -2.42. The van der Waals surface area contributed by atoms with Crippen molar-refractivity contribution in [2.75, 3.05) is 96.5 Å². The number of fused-ring (bicyclic) bond motifs is 4. The van der Waals surface area contributed by atoms with E-state index in [4.69, 9.17) is 49.8 Å². The number of nitrogens with zero attached hydrogens (tertiary/aromatic N) is 11. The molecular weight excluding hydrogens is 953 g/mol. The van der Waals surface area contributed by atoms with Crippen LogP contribution in [-0.2, 0) is 32.0 Å². The van der Waals surface area contributed by atoms with E-state index in [1.54, 1.807) is 11.4 Å². The first-order valence-corrected chi connectivity index (χ1v) is 33.0. The Morgan fingerprint density at radius 1 is 0.616 bits per heavy atom. The second kappa shape index (κ2) is 25.0. The van der Waals surface area contributed by atoms with Crippen molar-refractivity contribution in [3.05, 3.63) is 109 Å². The van der Waals surface area contributed by atoms with Crippen LogP contribution in [0.15, 0.2) is 97.6 Å². The number of hydrogen-bond donors (Lipinski definition) is 2. The van der Waals surface area contributed by atoms with Crippen molar-refractivity contribution in [3.8, 4) is 22.3 Å². The quantitative estimate of drug-likeness (QED) is 0.0503. The van der Waals surface area contributed by atoms with E-state index in [1.165, 1.54) is 0 Å². The van der Waals surface area contributed by atoms with Gasteiger partial charge in [-0.1, -0.05) is 75.7 Å². The molecule has 2 saturated heterocycles. The molecular formula is C54H74N12O5Si2. The van der Waals surface area contributed by atoms with E-state index in [0.717, 1.165) is 164 Å². The molecule has 2 aromatic carbocycles. The zero-order chi connectivity index (χ0) is 51.4. The summed E-state index contributed by atoms with van der Waals surface area (Å²) >= 11 is 0. The first-order chi connectivity index (χ1) is 35.2. The smallest absolute Gasteiger partial charge is 0.165 e. The summed E-state index contributed by atoms with van der Waals surface area (Å²) in [5.41, 5.74) is 15.6. The van der Waals surface area contributed by atoms with E-state index < -0.39 is 16.1 Å². The molecule has 0 amide bonds. The van der Waals surface area contributed by atoms with E-state index >= 15 is 0 Å². The zero-order valence-electron chi connectivity index (χ0n) is 43.8. The molecule has 0 aliphatic carbocycles. The van der Waals surface area contributed by atoms with Crippen LogP contribution in [0.4, 0.5) is 11.6 Å². The summed E-state index contributed by atoms with van der Waals surface area (Å²) in [5.74, 6) is 1.51. The van der Waals surface area contributed by atoms with Gasteiger partial charge in [-0.15, -0.1) is 0 Å². The van der Waals surface area contributed by atoms with Gasteiger partial charge in [0.05, 0.1) is 61.2 Å². The fourth-order valence-corrected chi connectivity index (χ4v) is 10.0. The highest BCUT2D eigenvalue weighted by molar-refractivity contribution is 6.76. The summed E-state index contributed by atoms with van der Waals surface area (Å²) in [6.07, 6.45) is 7.51. The van der Waals surface area contributed by atoms with Crippen LogP contribution >= 0.6 is 0 Å². The van der Waals surface area contributed by atoms with Gasteiger partial charge in [0.1, 0.15) is 25.1 Å². The van der Waals surface area contributed by atoms with E-state index in [2.05, 4.69) is 94.4 Å². The summed E-state index contributed by atoms with van der Waals surface area (Å²) < 4.78 is 27.2. The van der Waals surface area contributed by atoms with E-state index in [0.29, 0.717) is 19.3 Å². The molecule has 10 rings (SSSR count). The Labute approximate surface area is 431 Å². The van der Waals surface area contributed by atoms with Gasteiger partial charge < -0.3 is 34.7 Å². The topological polar surface area (TPSA) is 179 Å². The maximum absolute atomic E-state index is 7.57. The fraction of sp³-hybridized carbons (Fsp3) is 0.444. The third-order valence-electron chi connectivity index (χ3n) is 12.7. The van der Waals surface area contributed by atoms with Crippen molar-refractivity contribution in [1.29, 1.82) is 0 Å². The number of aliphatic hydroxyl groups excluding tert-OH is 1. The Hall–Kier alpha value is -5.75. The molecule has 0 radical (unpaired) electrons. The van der Waals surface area contributed by atoms with Gasteiger partial charge >= 0.3 is 0 Å². The molecule has 388 valence electrons. The molecule has 0 bridgehead atoms. The SMILES string of the molecule is CCO.C[Si](C)(C)CCOCN(COCC[Si](C)(C)C)c1cc(CN2CCOCC2)nc2c(-c3cnc4ccccc4c3)cnn12.Nc1cc(CN2CCOCC2)nc2c(-c3cnc4ccccc4c3)cnn12. The number of aliphatic hydroxyl groups is 1. The van der Waals surface area contributed by atoms with Gasteiger partial charge in [-0.2, -0.15) is 19.2 Å². The number of pyridine rings is 2. The van der Waals surface area contributed by atoms with Crippen LogP contribution in [0.5, 0.6) is 0 Å². The largest absolute Gasteiger partial charge is 0.397 e. The molecule has 0 unspecified atom stereocenters. The average molecular weight is 1030 g/mol. The van der Waals surface area contributed by atoms with Crippen LogP contribution in [0.2, 0.25) is 51.4 Å². The molecule has 3 N–H and O–H groups in total. The molecule has 73 heavy (non-hydrogen) atoms. The van der Waals surface area contributed by atoms with Gasteiger partial charge in [0.15, 0.2) is 11.3 Å². The van der Waals surface area contributed by atoms with E-state index in [9.17, 15) is 0 Å². The normalized spacial score (nSPS) is 14.8. The number of anilines is 2. The summed E-state index contributed by atoms with van der Waals surface area (Å²) in [5, 5.41) is 19.1. The molecule has 2 aliphatic rings. The highest BCUT2D eigenvalue weighted by atomic mass is 28.3. The number of nitrogen functional groups attached to an aromatic ring is 1. The van der Waals surface area contributed by atoms with Gasteiger partial charge in [0.2, 0.25) is 0 Å². The number of aromatic nitrogens is 8. The molecule has 0 atom stereocenters. The van der Waals surface area contributed by atoms with Crippen molar-refractivity contribution in [1.82, 2.24) is 49.0 Å². The Bertz CT molecular complexity index is 3010. The highest BCUT2D eigenvalue weighted by Gasteiger charge is 2.23. The first-order valence-electron chi connectivity index (χ1n) is 25.6. The molecule has 19 heteroatoms. The van der Waals surface area contributed by atoms with Gasteiger partial charge in [-0.3, -0.25) is 19.8 Å². The maximum atomic E-state index is 7.57. The second-order valence-electron chi connectivity index (χ2n) is 21.0. The van der Waals surface area contributed by atoms with Crippen molar-refractivity contribution < 1.29 is 24.1 Å². The Kier molecular flexibility index (Phi) is 18.3. The summed E-state index contributed by atoms with van der Waals surface area (Å²) in [6.45, 7) is 26.7. The van der Waals surface area contributed by atoms with Crippen LogP contribution in [0, 0.1) is 0 Å². The van der Waals surface area contributed by atoms with Gasteiger partial charge in [0, 0.05) is 133 Å². The predicted octanol–water partition coefficient (Wildman–Crippen LogP) is 8.57. The number of rotatable bonds is 17. The molecule has 8 heterocycles. The monoisotopic (exact) mass is 1030 g/mol. The van der Waals surface area contributed by atoms with Crippen molar-refractivity contribution in [2.45, 2.75) is 71.4 Å². The van der Waals surface area contributed by atoms with Crippen LogP contribution in [0.1, 0.15) is 18.3 Å². The van der Waals surface area contributed by atoms with Crippen LogP contribution < -0.4 is 10.6 Å². The minimum atomic E-state index is -1.21. The molecule has 8 aromatic rings. The highest BCUT2D eigenvalue weighted by Crippen LogP contribution is 2.31. The lowest BCUT2D eigenvalue weighted by atomic mass is 10.1. The van der Waals surface area contributed by atoms with Gasteiger partial charge in [-0.05, 0) is 43.3 Å². The van der Waals surface area contributed by atoms with E-state index in [-0.39, 0.29) is 6.61 Å². The minimum Gasteiger partial charge on any atom is -0.397 e. The average Bonchev–Trinajstić information content (AvgIpc) is 4.01. The van der Waals surface area contributed by atoms with Gasteiger partial charge in [0.25, 0.3) is 0 Å². The lowest BCUT2D eigenvalue weighted by Gasteiger charge is -2.28. The predicted molar refractivity (Wildman–Crippen MR) is 297 cm³/mol. The second-order valence-corrected chi connectivity index (χ2v) is 32.3. The van der Waals surface area contributed by atoms with Crippen molar-refractivity contribution >= 4 is 60.9 Å². The summed E-state index contributed by atoms with van der Waals surface area (Å²) in [6, 6.07) is 26.8. The third-order valence-corrected chi connectivity index (χ3v) is 16.1. The molecule has 0 saturated carbocycles. The van der Waals surface area contributed by atoms with Crippen molar-refractivity contribution in [3.63, 3.8) is 0 Å². The Balaban J connectivity index is 0.000000202. The number of para-hydroxylation sites is 2. The fourth-order valence-electron chi connectivity index (χ4n) is 8.52. The number of morpholine rings is 2. The molecule has 6 aromatic heterocycles. The third kappa shape index (κ3) is 14.7. The number of hydrogen-bond acceptors (Lipinski definition) is 15. The minimum absolute atomic E-state index is 0.250. The van der Waals surface area contributed by atoms with Crippen LogP contribution in [-0.4, -0.2) is 156 Å². The summed E-state index contributed by atoms with van der Waals surface area (Å²) in [4.78, 5) is 26.2. The number of benzene rings is 2. The Morgan fingerprint density at radius 2 is 1.05 bits per heavy atom. The molecule has 17 nitrogen and oxygen atoms in total. The standard InChI is InChI=1S/C32H48N6O3Si2.C20H20N6O.C2H6O/c1-42(2,3)17-15-40-24-37(25-41-16-18-43(4,5)6)31-20-28(23-36-11-13-39-14-12-36)35-32-29(22-34-38(31)32)27-19-26-9-7-8-10-30(26)33-21-27;21-19-10-16(13-25-5-7-27-8-6-25)24-20-17(12-23-26(19)20)15-9-14-3-1-2-4-18(14)22-11-15;1-2-3/h7-10,19-22H,11-18,23-25H2,1-6H3;1-4,9-12H,5-8,13,21H2;3H,2H2,1H3. The lowest BCUT2D eigenvalue weighted by molar-refractivity contribution is 0.0336. The lowest BCUT2D eigenvalue weighted by Crippen LogP contribution is -2.36. The number of ether oxygens (including phenoxy) is 4. The first kappa shape index (κ1) is 53.5. The molecule has 2 aliphatic heterocycles. The van der Waals surface area contributed by atoms with Crippen LogP contribution in [0.3, 0.4) is 0 Å². The van der Waals surface area contributed by atoms with Crippen LogP contribution in [0.25, 0.3) is 55.4 Å². The van der Waals surface area contributed by atoms with Gasteiger partial charge in [-0.25, -0.2) is 9.97 Å². The molecule has 2 fully saturated rings. The number of nitrogens with two attached hydrogens (primary N) is 1. The van der Waals surface area contributed by atoms with Crippen molar-refractivity contribution in [2.24, 2.45) is 0 Å².